The minimum absolute atomic E-state index is 0.178. The van der Waals surface area contributed by atoms with E-state index < -0.39 is 40.6 Å². The van der Waals surface area contributed by atoms with Gasteiger partial charge in [-0.2, -0.15) is 18.2 Å². The summed E-state index contributed by atoms with van der Waals surface area (Å²) in [6, 6.07) is 15.1. The Morgan fingerprint density at radius 1 is 0.946 bits per heavy atom. The van der Waals surface area contributed by atoms with E-state index in [1.165, 1.54) is 22.8 Å². The van der Waals surface area contributed by atoms with Gasteiger partial charge in [-0.15, -0.1) is 0 Å². The maximum atomic E-state index is 14.5. The van der Waals surface area contributed by atoms with Crippen molar-refractivity contribution in [2.75, 3.05) is 31.4 Å². The highest BCUT2D eigenvalue weighted by atomic mass is 19.4. The van der Waals surface area contributed by atoms with Gasteiger partial charge in [0.2, 0.25) is 5.95 Å². The number of para-hydroxylation sites is 1. The summed E-state index contributed by atoms with van der Waals surface area (Å²) in [7, 11) is 4.08. The van der Waals surface area contributed by atoms with E-state index in [1.54, 1.807) is 70.1 Å². The van der Waals surface area contributed by atoms with Crippen LogP contribution in [0.15, 0.2) is 60.7 Å². The van der Waals surface area contributed by atoms with Crippen molar-refractivity contribution in [3.8, 4) is 5.69 Å². The maximum Gasteiger partial charge on any atom is 0.430 e. The summed E-state index contributed by atoms with van der Waals surface area (Å²) in [5.74, 6) is -2.69. The zero-order valence-corrected chi connectivity index (χ0v) is 21.4. The van der Waals surface area contributed by atoms with Crippen LogP contribution in [-0.4, -0.2) is 54.4 Å². The molecule has 1 heterocycles. The van der Waals surface area contributed by atoms with Crippen molar-refractivity contribution in [3.63, 3.8) is 0 Å². The number of methoxy groups -OCH3 is 1. The second kappa shape index (κ2) is 10.3. The van der Waals surface area contributed by atoms with Gasteiger partial charge in [0.1, 0.15) is 5.60 Å². The van der Waals surface area contributed by atoms with Crippen LogP contribution in [0, 0.1) is 0 Å². The molecule has 11 heteroatoms. The normalized spacial score (nSPS) is 13.5. The molecule has 0 bridgehead atoms. The molecule has 0 saturated heterocycles. The number of aromatic nitrogens is 2. The average molecular weight is 519 g/mol. The summed E-state index contributed by atoms with van der Waals surface area (Å²) in [5, 5.41) is 2.22. The third-order valence-corrected chi connectivity index (χ3v) is 5.30. The molecule has 3 aromatic rings. The van der Waals surface area contributed by atoms with Gasteiger partial charge in [0.15, 0.2) is 11.5 Å². The number of esters is 1. The van der Waals surface area contributed by atoms with Gasteiger partial charge in [-0.05, 0) is 32.9 Å². The Morgan fingerprint density at radius 2 is 1.49 bits per heavy atom. The largest absolute Gasteiger partial charge is 0.455 e. The number of anilines is 2. The lowest BCUT2D eigenvalue weighted by atomic mass is 9.91. The predicted molar refractivity (Wildman–Crippen MR) is 133 cm³/mol. The zero-order chi connectivity index (χ0) is 27.6. The van der Waals surface area contributed by atoms with Crippen molar-refractivity contribution in [2.45, 2.75) is 38.1 Å². The fourth-order valence-electron chi connectivity index (χ4n) is 3.75. The molecule has 0 aliphatic carbocycles. The number of nitrogens with one attached hydrogen (secondary N) is 1. The lowest BCUT2D eigenvalue weighted by Crippen LogP contribution is -2.53. The molecular formula is C26H29F3N4O4. The van der Waals surface area contributed by atoms with Crippen molar-refractivity contribution in [1.29, 1.82) is 0 Å². The molecule has 8 nitrogen and oxygen atoms in total. The molecule has 3 rings (SSSR count). The first kappa shape index (κ1) is 27.7. The van der Waals surface area contributed by atoms with Crippen LogP contribution in [0.4, 0.5) is 24.9 Å². The number of imidazole rings is 1. The monoisotopic (exact) mass is 518 g/mol. The minimum Gasteiger partial charge on any atom is -0.455 e. The molecule has 1 unspecified atom stereocenters. The van der Waals surface area contributed by atoms with Crippen LogP contribution in [-0.2, 0) is 19.9 Å². The number of hydrogen-bond donors (Lipinski definition) is 1. The number of amides is 1. The van der Waals surface area contributed by atoms with Gasteiger partial charge >= 0.3 is 12.1 Å². The fourth-order valence-corrected chi connectivity index (χ4v) is 3.75. The van der Waals surface area contributed by atoms with Gasteiger partial charge in [0.25, 0.3) is 11.5 Å². The van der Waals surface area contributed by atoms with E-state index in [9.17, 15) is 22.8 Å². The van der Waals surface area contributed by atoms with Crippen LogP contribution in [0.5, 0.6) is 0 Å². The third kappa shape index (κ3) is 5.46. The number of rotatable bonds is 7. The number of hydrogen-bond acceptors (Lipinski definition) is 6. The number of carbonyl (C=O) groups is 2. The highest BCUT2D eigenvalue weighted by Gasteiger charge is 2.63. The Morgan fingerprint density at radius 3 is 1.95 bits per heavy atom. The fraction of sp³-hybridized carbons (Fsp3) is 0.346. The topological polar surface area (TPSA) is 85.7 Å². The number of nitrogens with zero attached hydrogens (tertiary/aromatic N) is 3. The van der Waals surface area contributed by atoms with Gasteiger partial charge < -0.3 is 19.7 Å². The van der Waals surface area contributed by atoms with Crippen molar-refractivity contribution in [3.05, 3.63) is 71.9 Å². The Kier molecular flexibility index (Phi) is 7.68. The Labute approximate surface area is 213 Å². The van der Waals surface area contributed by atoms with Crippen molar-refractivity contribution in [1.82, 2.24) is 9.55 Å². The summed E-state index contributed by atoms with van der Waals surface area (Å²) in [4.78, 5) is 32.7. The average Bonchev–Trinajstić information content (AvgIpc) is 3.19. The molecule has 0 saturated carbocycles. The van der Waals surface area contributed by atoms with E-state index in [0.717, 1.165) is 19.2 Å². The summed E-state index contributed by atoms with van der Waals surface area (Å²) in [6.45, 7) is 4.94. The van der Waals surface area contributed by atoms with Gasteiger partial charge in [0.05, 0.1) is 0 Å². The highest BCUT2D eigenvalue weighted by Crippen LogP contribution is 2.43. The Bertz CT molecular complexity index is 1250. The molecule has 0 fully saturated rings. The molecule has 0 spiro atoms. The number of ether oxygens (including phenoxy) is 2. The first-order chi connectivity index (χ1) is 17.2. The molecule has 198 valence electrons. The Balaban J connectivity index is 2.25. The van der Waals surface area contributed by atoms with Gasteiger partial charge in [0, 0.05) is 32.5 Å². The van der Waals surface area contributed by atoms with E-state index in [1.807, 2.05) is 0 Å². The second-order valence-electron chi connectivity index (χ2n) is 9.38. The smallest absolute Gasteiger partial charge is 0.430 e. The molecule has 37 heavy (non-hydrogen) atoms. The second-order valence-corrected chi connectivity index (χ2v) is 9.38. The van der Waals surface area contributed by atoms with Crippen LogP contribution in [0.25, 0.3) is 5.69 Å². The molecule has 1 amide bonds. The van der Waals surface area contributed by atoms with Crippen molar-refractivity contribution in [2.24, 2.45) is 0 Å². The SMILES string of the molecule is COC(C(=O)Nc1nc(N(C)C)n(-c2ccccc2)c1C(=O)OC(C)(C)C)(c1ccccc1)C(F)(F)F. The number of carbonyl (C=O) groups excluding carboxylic acids is 2. The highest BCUT2D eigenvalue weighted by molar-refractivity contribution is 6.04. The Hall–Kier alpha value is -3.86. The van der Waals surface area contributed by atoms with E-state index >= 15 is 0 Å². The molecule has 1 N–H and O–H groups in total. The third-order valence-electron chi connectivity index (χ3n) is 5.30. The molecule has 1 aromatic heterocycles. The molecular weight excluding hydrogens is 489 g/mol. The molecule has 2 aromatic carbocycles. The summed E-state index contributed by atoms with van der Waals surface area (Å²) in [5.41, 5.74) is -4.50. The zero-order valence-electron chi connectivity index (χ0n) is 21.4. The summed E-state index contributed by atoms with van der Waals surface area (Å²) < 4.78 is 55.2. The standard InChI is InChI=1S/C26H29F3N4O4/c1-24(2,3)37-21(34)19-20(31-23(32(4)5)33(19)18-15-11-8-12-16-18)30-22(35)25(36-6,26(27,28)29)17-13-9-7-10-14-17/h7-16H,1-6H3,(H,30,35). The minimum atomic E-state index is -5.15. The maximum absolute atomic E-state index is 14.5. The van der Waals surface area contributed by atoms with E-state index in [2.05, 4.69) is 10.3 Å². The quantitative estimate of drug-likeness (QED) is 0.446. The molecule has 0 aliphatic rings. The lowest BCUT2D eigenvalue weighted by molar-refractivity contribution is -0.263. The van der Waals surface area contributed by atoms with Crippen molar-refractivity contribution < 1.29 is 32.2 Å². The van der Waals surface area contributed by atoms with Gasteiger partial charge in [-0.1, -0.05) is 48.5 Å². The lowest BCUT2D eigenvalue weighted by Gasteiger charge is -2.33. The van der Waals surface area contributed by atoms with Crippen LogP contribution in [0.2, 0.25) is 0 Å². The summed E-state index contributed by atoms with van der Waals surface area (Å²) >= 11 is 0. The number of benzene rings is 2. The predicted octanol–water partition coefficient (Wildman–Crippen LogP) is 4.94. The first-order valence-electron chi connectivity index (χ1n) is 11.3. The van der Waals surface area contributed by atoms with Crippen LogP contribution >= 0.6 is 0 Å². The van der Waals surface area contributed by atoms with E-state index in [4.69, 9.17) is 9.47 Å². The number of alkyl halides is 3. The van der Waals surface area contributed by atoms with E-state index in [0.29, 0.717) is 5.69 Å². The van der Waals surface area contributed by atoms with Crippen LogP contribution in [0.3, 0.4) is 0 Å². The van der Waals surface area contributed by atoms with Gasteiger partial charge in [-0.25, -0.2) is 4.79 Å². The molecule has 0 aliphatic heterocycles. The first-order valence-corrected chi connectivity index (χ1v) is 11.3. The summed E-state index contributed by atoms with van der Waals surface area (Å²) in [6.07, 6.45) is -5.15. The molecule has 1 atom stereocenters. The van der Waals surface area contributed by atoms with E-state index in [-0.39, 0.29) is 11.6 Å². The van der Waals surface area contributed by atoms with Crippen LogP contribution < -0.4 is 10.2 Å². The van der Waals surface area contributed by atoms with Gasteiger partial charge in [-0.3, -0.25) is 9.36 Å². The number of halogens is 3. The molecule has 0 radical (unpaired) electrons. The van der Waals surface area contributed by atoms with Crippen molar-refractivity contribution >= 4 is 23.6 Å². The van der Waals surface area contributed by atoms with Crippen LogP contribution in [0.1, 0.15) is 36.8 Å².